The number of sulfone groups is 1. The molecule has 9 heteroatoms. The van der Waals surface area contributed by atoms with E-state index in [-0.39, 0.29) is 23.0 Å². The second kappa shape index (κ2) is 11.3. The van der Waals surface area contributed by atoms with E-state index in [4.69, 9.17) is 10.2 Å². The molecule has 0 bridgehead atoms. The normalized spacial score (nSPS) is 16.8. The Hall–Kier alpha value is -1.94. The Morgan fingerprint density at radius 2 is 1.79 bits per heavy atom. The predicted octanol–water partition coefficient (Wildman–Crippen LogP) is 7.02. The van der Waals surface area contributed by atoms with Gasteiger partial charge in [0.05, 0.1) is 28.2 Å². The van der Waals surface area contributed by atoms with Gasteiger partial charge in [0.1, 0.15) is 9.84 Å². The lowest BCUT2D eigenvalue weighted by Gasteiger charge is -2.38. The van der Waals surface area contributed by atoms with E-state index in [0.29, 0.717) is 18.4 Å². The third kappa shape index (κ3) is 6.27. The number of carbonyl (C=O) groups is 1. The zero-order valence-corrected chi connectivity index (χ0v) is 26.0. The molecule has 4 rings (SSSR count). The smallest absolute Gasteiger partial charge is 0.250 e. The summed E-state index contributed by atoms with van der Waals surface area (Å²) in [5.41, 5.74) is 8.87. The molecule has 1 saturated heterocycles. The number of carbonyl (C=O) groups excluding carboxylic acids is 1. The molecule has 0 aliphatic carbocycles. The molecular formula is C29H42N2O4S2Si. The molecule has 1 aliphatic heterocycles. The molecule has 3 N–H and O–H groups in total. The zero-order valence-electron chi connectivity index (χ0n) is 23.4. The van der Waals surface area contributed by atoms with Crippen LogP contribution in [0.2, 0.25) is 18.1 Å². The van der Waals surface area contributed by atoms with E-state index in [1.807, 2.05) is 12.3 Å². The number of primary amides is 1. The summed E-state index contributed by atoms with van der Waals surface area (Å²) >= 11 is 1.75. The van der Waals surface area contributed by atoms with Gasteiger partial charge in [-0.2, -0.15) is 0 Å². The Balaban J connectivity index is 1.58. The number of rotatable bonds is 11. The third-order valence-electron chi connectivity index (χ3n) is 8.43. The van der Waals surface area contributed by atoms with Gasteiger partial charge in [0.25, 0.3) is 5.91 Å². The van der Waals surface area contributed by atoms with Crippen LogP contribution in [0.15, 0.2) is 30.5 Å². The summed E-state index contributed by atoms with van der Waals surface area (Å²) in [5, 5.41) is 0.963. The van der Waals surface area contributed by atoms with Crippen LogP contribution in [0.25, 0.3) is 21.3 Å². The van der Waals surface area contributed by atoms with Gasteiger partial charge in [-0.05, 0) is 99.0 Å². The first-order chi connectivity index (χ1) is 17.9. The van der Waals surface area contributed by atoms with E-state index in [1.165, 1.54) is 4.88 Å². The van der Waals surface area contributed by atoms with Crippen molar-refractivity contribution in [2.45, 2.75) is 90.0 Å². The van der Waals surface area contributed by atoms with Gasteiger partial charge in [-0.1, -0.05) is 20.8 Å². The zero-order chi connectivity index (χ0) is 27.7. The number of thiophene rings is 1. The van der Waals surface area contributed by atoms with Crippen LogP contribution in [0.5, 0.6) is 0 Å². The number of benzene rings is 1. The number of amides is 1. The van der Waals surface area contributed by atoms with Gasteiger partial charge in [0, 0.05) is 21.3 Å². The Kier molecular flexibility index (Phi) is 8.62. The van der Waals surface area contributed by atoms with E-state index in [0.717, 1.165) is 57.9 Å². The minimum atomic E-state index is -2.95. The molecule has 1 aromatic carbocycles. The summed E-state index contributed by atoms with van der Waals surface area (Å²) in [6.45, 7) is 11.3. The minimum absolute atomic E-state index is 0.148. The summed E-state index contributed by atoms with van der Waals surface area (Å²) in [7, 11) is -4.63. The molecule has 2 aromatic heterocycles. The lowest BCUT2D eigenvalue weighted by molar-refractivity contribution is 0.0864. The molecule has 1 amide bonds. The number of aromatic amines is 1. The van der Waals surface area contributed by atoms with E-state index < -0.39 is 24.1 Å². The molecule has 0 unspecified atom stereocenters. The number of hydrogen-bond acceptors (Lipinski definition) is 5. The van der Waals surface area contributed by atoms with E-state index in [1.54, 1.807) is 11.3 Å². The van der Waals surface area contributed by atoms with Gasteiger partial charge in [0.2, 0.25) is 0 Å². The Morgan fingerprint density at radius 3 is 2.39 bits per heavy atom. The standard InChI is InChI=1S/C29H42N2O4S2Si/c1-6-38(7-2,8-3)35-29(4,5)14-11-22-9-10-26(36-22)21-17-23-25(20-12-15-37(33,34)16-13-20)19-31-27(23)24(18-21)28(30)32/h9-10,17-20,31H,6-8,11-16H2,1-5H3,(H2,30,32). The molecule has 0 saturated carbocycles. The fourth-order valence-electron chi connectivity index (χ4n) is 5.82. The summed E-state index contributed by atoms with van der Waals surface area (Å²) in [4.78, 5) is 18.0. The Labute approximate surface area is 232 Å². The number of hydrogen-bond donors (Lipinski definition) is 2. The topological polar surface area (TPSA) is 102 Å². The monoisotopic (exact) mass is 574 g/mol. The molecule has 1 aliphatic rings. The fourth-order valence-corrected chi connectivity index (χ4v) is 11.5. The number of aromatic nitrogens is 1. The molecule has 208 valence electrons. The highest BCUT2D eigenvalue weighted by Gasteiger charge is 2.35. The average molecular weight is 575 g/mol. The second-order valence-electron chi connectivity index (χ2n) is 11.4. The summed E-state index contributed by atoms with van der Waals surface area (Å²) in [6, 6.07) is 11.8. The third-order valence-corrected chi connectivity index (χ3v) is 16.2. The van der Waals surface area contributed by atoms with Crippen molar-refractivity contribution in [3.05, 3.63) is 46.5 Å². The van der Waals surface area contributed by atoms with Crippen molar-refractivity contribution in [1.82, 2.24) is 4.98 Å². The molecule has 38 heavy (non-hydrogen) atoms. The van der Waals surface area contributed by atoms with Crippen molar-refractivity contribution in [3.63, 3.8) is 0 Å². The quantitative estimate of drug-likeness (QED) is 0.240. The van der Waals surface area contributed by atoms with Crippen LogP contribution in [-0.4, -0.2) is 44.7 Å². The van der Waals surface area contributed by atoms with Gasteiger partial charge < -0.3 is 15.1 Å². The van der Waals surface area contributed by atoms with Gasteiger partial charge in [-0.15, -0.1) is 11.3 Å². The Morgan fingerprint density at radius 1 is 1.13 bits per heavy atom. The highest BCUT2D eigenvalue weighted by molar-refractivity contribution is 7.91. The van der Waals surface area contributed by atoms with Crippen molar-refractivity contribution in [2.24, 2.45) is 5.73 Å². The number of H-pyrrole nitrogens is 1. The molecule has 0 atom stereocenters. The van der Waals surface area contributed by atoms with E-state index >= 15 is 0 Å². The average Bonchev–Trinajstić information content (AvgIpc) is 3.53. The van der Waals surface area contributed by atoms with Crippen LogP contribution in [0.1, 0.15) is 80.6 Å². The SMILES string of the molecule is CC[Si](CC)(CC)OC(C)(C)CCc1ccc(-c2cc(C(N)=O)c3[nH]cc(C4CCS(=O)(=O)CC4)c3c2)s1. The molecule has 6 nitrogen and oxygen atoms in total. The van der Waals surface area contributed by atoms with E-state index in [2.05, 4.69) is 57.8 Å². The first-order valence-corrected chi connectivity index (χ1v) is 19.0. The predicted molar refractivity (Wildman–Crippen MR) is 161 cm³/mol. The van der Waals surface area contributed by atoms with Crippen LogP contribution in [-0.2, 0) is 20.7 Å². The molecule has 1 fully saturated rings. The number of nitrogens with one attached hydrogen (secondary N) is 1. The molecular weight excluding hydrogens is 533 g/mol. The maximum absolute atomic E-state index is 12.4. The lowest BCUT2D eigenvalue weighted by atomic mass is 9.91. The largest absolute Gasteiger partial charge is 0.412 e. The van der Waals surface area contributed by atoms with Gasteiger partial charge in [-0.3, -0.25) is 4.79 Å². The van der Waals surface area contributed by atoms with Gasteiger partial charge in [-0.25, -0.2) is 8.42 Å². The number of fused-ring (bicyclic) bond motifs is 1. The van der Waals surface area contributed by atoms with Crippen LogP contribution < -0.4 is 5.73 Å². The summed E-state index contributed by atoms with van der Waals surface area (Å²) in [6.07, 6.45) is 5.03. The first kappa shape index (κ1) is 29.0. The van der Waals surface area contributed by atoms with Crippen molar-refractivity contribution in [3.8, 4) is 10.4 Å². The van der Waals surface area contributed by atoms with Crippen LogP contribution in [0.3, 0.4) is 0 Å². The van der Waals surface area contributed by atoms with Crippen molar-refractivity contribution in [2.75, 3.05) is 11.5 Å². The molecule has 3 heterocycles. The molecule has 0 radical (unpaired) electrons. The fraction of sp³-hybridized carbons (Fsp3) is 0.552. The van der Waals surface area contributed by atoms with Crippen molar-refractivity contribution >= 4 is 46.3 Å². The number of aryl methyl sites for hydroxylation is 1. The highest BCUT2D eigenvalue weighted by atomic mass is 32.2. The van der Waals surface area contributed by atoms with Gasteiger partial charge in [0.15, 0.2) is 8.32 Å². The lowest BCUT2D eigenvalue weighted by Crippen LogP contribution is -2.44. The van der Waals surface area contributed by atoms with Crippen LogP contribution >= 0.6 is 11.3 Å². The van der Waals surface area contributed by atoms with E-state index in [9.17, 15) is 13.2 Å². The first-order valence-electron chi connectivity index (χ1n) is 13.9. The second-order valence-corrected chi connectivity index (χ2v) is 19.5. The molecule has 0 spiro atoms. The van der Waals surface area contributed by atoms with Crippen molar-refractivity contribution in [1.29, 1.82) is 0 Å². The van der Waals surface area contributed by atoms with Crippen LogP contribution in [0.4, 0.5) is 0 Å². The summed E-state index contributed by atoms with van der Waals surface area (Å²) < 4.78 is 30.7. The maximum atomic E-state index is 12.4. The minimum Gasteiger partial charge on any atom is -0.412 e. The molecule has 3 aromatic rings. The number of nitrogens with two attached hydrogens (primary N) is 1. The van der Waals surface area contributed by atoms with Gasteiger partial charge >= 0.3 is 0 Å². The van der Waals surface area contributed by atoms with Crippen molar-refractivity contribution < 1.29 is 17.6 Å². The maximum Gasteiger partial charge on any atom is 0.250 e. The summed E-state index contributed by atoms with van der Waals surface area (Å²) in [5.74, 6) is 0.0933. The highest BCUT2D eigenvalue weighted by Crippen LogP contribution is 2.39. The van der Waals surface area contributed by atoms with Crippen LogP contribution in [0, 0.1) is 0 Å². The Bertz CT molecular complexity index is 1380.